The normalized spacial score (nSPS) is 15.0. The topological polar surface area (TPSA) is 106 Å². The van der Waals surface area contributed by atoms with Crippen molar-refractivity contribution in [3.63, 3.8) is 0 Å². The summed E-state index contributed by atoms with van der Waals surface area (Å²) in [4.78, 5) is 16.7. The van der Waals surface area contributed by atoms with Gasteiger partial charge in [0, 0.05) is 13.1 Å². The molecule has 0 unspecified atom stereocenters. The second-order valence-electron chi connectivity index (χ2n) is 6.59. The van der Waals surface area contributed by atoms with Crippen LogP contribution in [0.25, 0.3) is 5.69 Å². The summed E-state index contributed by atoms with van der Waals surface area (Å²) in [6.45, 7) is 0.982. The van der Waals surface area contributed by atoms with Crippen LogP contribution in [0, 0.1) is 0 Å². The van der Waals surface area contributed by atoms with Gasteiger partial charge in [0.1, 0.15) is 17.6 Å². The van der Waals surface area contributed by atoms with Crippen LogP contribution in [0.5, 0.6) is 0 Å². The smallest absolute Gasteiger partial charge is 0.257 e. The molecule has 1 aromatic heterocycles. The first kappa shape index (κ1) is 21.7. The minimum Gasteiger partial charge on any atom is -0.379 e. The van der Waals surface area contributed by atoms with Crippen molar-refractivity contribution in [3.05, 3.63) is 64.7 Å². The van der Waals surface area contributed by atoms with E-state index in [9.17, 15) is 13.2 Å². The lowest BCUT2D eigenvalue weighted by Crippen LogP contribution is -2.40. The number of aromatic nitrogens is 3. The Labute approximate surface area is 188 Å². The third-order valence-corrected chi connectivity index (χ3v) is 7.35. The zero-order chi connectivity index (χ0) is 22.0. The van der Waals surface area contributed by atoms with Crippen molar-refractivity contribution in [2.24, 2.45) is 0 Å². The second-order valence-corrected chi connectivity index (χ2v) is 9.31. The van der Waals surface area contributed by atoms with Gasteiger partial charge in [0.2, 0.25) is 10.0 Å². The largest absolute Gasteiger partial charge is 0.379 e. The molecule has 0 atom stereocenters. The number of carbonyl (C=O) groups excluding carboxylic acids is 1. The van der Waals surface area contributed by atoms with Crippen molar-refractivity contribution < 1.29 is 17.9 Å². The lowest BCUT2D eigenvalue weighted by Gasteiger charge is -2.26. The molecule has 162 valence electrons. The van der Waals surface area contributed by atoms with Gasteiger partial charge in [-0.05, 0) is 24.3 Å². The first-order valence-electron chi connectivity index (χ1n) is 9.20. The minimum atomic E-state index is -3.92. The van der Waals surface area contributed by atoms with Crippen LogP contribution in [-0.2, 0) is 14.8 Å². The van der Waals surface area contributed by atoms with E-state index in [0.29, 0.717) is 11.4 Å². The number of benzene rings is 2. The Morgan fingerprint density at radius 2 is 1.84 bits per heavy atom. The van der Waals surface area contributed by atoms with E-state index in [2.05, 4.69) is 15.4 Å². The second kappa shape index (κ2) is 8.93. The van der Waals surface area contributed by atoms with Crippen LogP contribution >= 0.6 is 23.2 Å². The standard InChI is InChI=1S/C19H17Cl2N5O4S/c20-14-10-15(21)18(31(28,29)25-5-7-30-8-6-25)9-13(14)19(27)24-16-3-1-2-4-17(16)26-12-22-11-23-26/h1-4,9-12H,5-8H2,(H,24,27). The third kappa shape index (κ3) is 4.43. The zero-order valence-corrected chi connectivity index (χ0v) is 18.4. The van der Waals surface area contributed by atoms with Gasteiger partial charge in [-0.3, -0.25) is 4.79 Å². The number of para-hydroxylation sites is 2. The molecule has 0 saturated carbocycles. The van der Waals surface area contributed by atoms with Crippen molar-refractivity contribution in [2.75, 3.05) is 31.6 Å². The molecule has 0 bridgehead atoms. The zero-order valence-electron chi connectivity index (χ0n) is 16.0. The monoisotopic (exact) mass is 481 g/mol. The molecule has 1 amide bonds. The van der Waals surface area contributed by atoms with Gasteiger partial charge in [-0.1, -0.05) is 35.3 Å². The van der Waals surface area contributed by atoms with Crippen LogP contribution in [-0.4, -0.2) is 59.7 Å². The Balaban J connectivity index is 1.68. The molecule has 1 aliphatic rings. The number of anilines is 1. The van der Waals surface area contributed by atoms with Gasteiger partial charge >= 0.3 is 0 Å². The van der Waals surface area contributed by atoms with E-state index >= 15 is 0 Å². The number of ether oxygens (including phenoxy) is 1. The van der Waals surface area contributed by atoms with Crippen LogP contribution in [0.4, 0.5) is 5.69 Å². The van der Waals surface area contributed by atoms with Crippen molar-refractivity contribution in [1.82, 2.24) is 19.1 Å². The van der Waals surface area contributed by atoms with E-state index in [-0.39, 0.29) is 46.8 Å². The van der Waals surface area contributed by atoms with Crippen LogP contribution in [0.15, 0.2) is 53.9 Å². The number of halogens is 2. The van der Waals surface area contributed by atoms with Gasteiger partial charge in [0.15, 0.2) is 0 Å². The number of amides is 1. The molecule has 4 rings (SSSR count). The minimum absolute atomic E-state index is 0.0219. The molecule has 1 fully saturated rings. The summed E-state index contributed by atoms with van der Waals surface area (Å²) in [5.74, 6) is -0.590. The highest BCUT2D eigenvalue weighted by Gasteiger charge is 2.30. The first-order valence-corrected chi connectivity index (χ1v) is 11.4. The molecule has 0 radical (unpaired) electrons. The molecule has 12 heteroatoms. The Hall–Kier alpha value is -2.50. The van der Waals surface area contributed by atoms with Crippen molar-refractivity contribution in [2.45, 2.75) is 4.90 Å². The van der Waals surface area contributed by atoms with Crippen LogP contribution in [0.1, 0.15) is 10.4 Å². The number of rotatable bonds is 5. The Kier molecular flexibility index (Phi) is 6.26. The number of sulfonamides is 1. The third-order valence-electron chi connectivity index (χ3n) is 4.67. The number of nitrogens with zero attached hydrogens (tertiary/aromatic N) is 4. The van der Waals surface area contributed by atoms with Crippen molar-refractivity contribution in [3.8, 4) is 5.69 Å². The number of morpholine rings is 1. The number of carbonyl (C=O) groups is 1. The van der Waals surface area contributed by atoms with Crippen molar-refractivity contribution in [1.29, 1.82) is 0 Å². The summed E-state index contributed by atoms with van der Waals surface area (Å²) in [5.41, 5.74) is 1.01. The molecule has 1 aliphatic heterocycles. The molecule has 9 nitrogen and oxygen atoms in total. The molecule has 0 aliphatic carbocycles. The Morgan fingerprint density at radius 1 is 1.10 bits per heavy atom. The van der Waals surface area contributed by atoms with Crippen LogP contribution in [0.3, 0.4) is 0 Å². The van der Waals surface area contributed by atoms with Gasteiger partial charge in [0.05, 0.1) is 40.2 Å². The highest BCUT2D eigenvalue weighted by molar-refractivity contribution is 7.89. The first-order chi connectivity index (χ1) is 14.9. The maximum Gasteiger partial charge on any atom is 0.257 e. The average molecular weight is 482 g/mol. The molecule has 31 heavy (non-hydrogen) atoms. The Morgan fingerprint density at radius 3 is 2.55 bits per heavy atom. The predicted octanol–water partition coefficient (Wildman–Crippen LogP) is 2.85. The summed E-state index contributed by atoms with van der Waals surface area (Å²) in [6.07, 6.45) is 2.87. The Bertz CT molecular complexity index is 1210. The number of nitrogens with one attached hydrogen (secondary N) is 1. The summed E-state index contributed by atoms with van der Waals surface area (Å²) in [7, 11) is -3.92. The van der Waals surface area contributed by atoms with E-state index in [0.717, 1.165) is 0 Å². The molecule has 2 heterocycles. The lowest BCUT2D eigenvalue weighted by molar-refractivity contribution is 0.0730. The van der Waals surface area contributed by atoms with E-state index in [1.54, 1.807) is 24.3 Å². The lowest BCUT2D eigenvalue weighted by atomic mass is 10.2. The van der Waals surface area contributed by atoms with E-state index in [1.807, 2.05) is 0 Å². The fraction of sp³-hybridized carbons (Fsp3) is 0.211. The number of hydrogen-bond acceptors (Lipinski definition) is 6. The quantitative estimate of drug-likeness (QED) is 0.600. The van der Waals surface area contributed by atoms with Gasteiger partial charge in [-0.15, -0.1) is 0 Å². The molecule has 0 spiro atoms. The maximum atomic E-state index is 13.1. The highest BCUT2D eigenvalue weighted by Crippen LogP contribution is 2.32. The maximum absolute atomic E-state index is 13.1. The molecule has 3 aromatic rings. The van der Waals surface area contributed by atoms with Crippen LogP contribution < -0.4 is 5.32 Å². The molecule has 1 N–H and O–H groups in total. The van der Waals surface area contributed by atoms with Gasteiger partial charge in [0.25, 0.3) is 5.91 Å². The molecule has 2 aromatic carbocycles. The van der Waals surface area contributed by atoms with E-state index < -0.39 is 15.9 Å². The van der Waals surface area contributed by atoms with E-state index in [4.69, 9.17) is 27.9 Å². The van der Waals surface area contributed by atoms with Gasteiger partial charge < -0.3 is 10.1 Å². The SMILES string of the molecule is O=C(Nc1ccccc1-n1cncn1)c1cc(S(=O)(=O)N2CCOCC2)c(Cl)cc1Cl. The van der Waals surface area contributed by atoms with E-state index in [1.165, 1.54) is 33.8 Å². The summed E-state index contributed by atoms with van der Waals surface area (Å²) < 4.78 is 34.1. The van der Waals surface area contributed by atoms with Gasteiger partial charge in [-0.2, -0.15) is 9.40 Å². The molecular weight excluding hydrogens is 465 g/mol. The molecule has 1 saturated heterocycles. The number of hydrogen-bond donors (Lipinski definition) is 1. The highest BCUT2D eigenvalue weighted by atomic mass is 35.5. The summed E-state index contributed by atoms with van der Waals surface area (Å²) >= 11 is 12.4. The fourth-order valence-corrected chi connectivity index (χ4v) is 5.37. The van der Waals surface area contributed by atoms with Gasteiger partial charge in [-0.25, -0.2) is 18.1 Å². The van der Waals surface area contributed by atoms with Crippen LogP contribution in [0.2, 0.25) is 10.0 Å². The summed E-state index contributed by atoms with van der Waals surface area (Å²) in [6, 6.07) is 9.42. The predicted molar refractivity (Wildman–Crippen MR) is 115 cm³/mol. The van der Waals surface area contributed by atoms with Crippen molar-refractivity contribution >= 4 is 44.8 Å². The average Bonchev–Trinajstić information content (AvgIpc) is 3.29. The fourth-order valence-electron chi connectivity index (χ4n) is 3.13. The molecular formula is C19H17Cl2N5O4S. The summed E-state index contributed by atoms with van der Waals surface area (Å²) in [5, 5.41) is 6.79.